The first-order valence-corrected chi connectivity index (χ1v) is 29.1. The zero-order valence-electron chi connectivity index (χ0n) is 43.7. The van der Waals surface area contributed by atoms with Crippen molar-refractivity contribution in [1.82, 2.24) is 5.32 Å². The number of carbonyl (C=O) groups is 2. The highest BCUT2D eigenvalue weighted by Crippen LogP contribution is 2.17. The molecular formula is C59H113NO5. The Balaban J connectivity index is 3.49. The summed E-state index contributed by atoms with van der Waals surface area (Å²) in [5.74, 6) is -0.0991. The minimum Gasteiger partial charge on any atom is -0.466 e. The average Bonchev–Trinajstić information content (AvgIpc) is 3.31. The topological polar surface area (TPSA) is 95.9 Å². The number of esters is 1. The van der Waals surface area contributed by atoms with Gasteiger partial charge in [-0.05, 0) is 57.8 Å². The van der Waals surface area contributed by atoms with E-state index in [0.717, 1.165) is 57.8 Å². The largest absolute Gasteiger partial charge is 0.466 e. The summed E-state index contributed by atoms with van der Waals surface area (Å²) in [6.45, 7) is 4.88. The van der Waals surface area contributed by atoms with Crippen molar-refractivity contribution in [2.24, 2.45) is 0 Å². The lowest BCUT2D eigenvalue weighted by molar-refractivity contribution is -0.143. The zero-order chi connectivity index (χ0) is 47.2. The van der Waals surface area contributed by atoms with Crippen LogP contribution in [0.4, 0.5) is 0 Å². The number of carbonyl (C=O) groups excluding carboxylic acids is 2. The molecule has 0 fully saturated rings. The normalized spacial score (nSPS) is 12.7. The Hall–Kier alpha value is -1.66. The molecule has 6 heteroatoms. The van der Waals surface area contributed by atoms with E-state index in [9.17, 15) is 19.8 Å². The highest BCUT2D eigenvalue weighted by molar-refractivity contribution is 5.76. The molecule has 0 bridgehead atoms. The lowest BCUT2D eigenvalue weighted by atomic mass is 10.0. The molecule has 0 saturated carbocycles. The number of hydrogen-bond acceptors (Lipinski definition) is 5. The monoisotopic (exact) mass is 916 g/mol. The molecule has 2 atom stereocenters. The number of nitrogens with one attached hydrogen (secondary N) is 1. The maximum Gasteiger partial charge on any atom is 0.305 e. The van der Waals surface area contributed by atoms with Crippen LogP contribution in [0, 0.1) is 0 Å². The van der Waals surface area contributed by atoms with E-state index in [4.69, 9.17) is 4.74 Å². The molecule has 0 aliphatic rings. The first kappa shape index (κ1) is 63.3. The summed E-state index contributed by atoms with van der Waals surface area (Å²) in [6.07, 6.45) is 66.2. The predicted molar refractivity (Wildman–Crippen MR) is 283 cm³/mol. The molecule has 0 heterocycles. The van der Waals surface area contributed by atoms with Crippen molar-refractivity contribution in [3.05, 3.63) is 24.3 Å². The molecule has 0 aromatic carbocycles. The third-order valence-electron chi connectivity index (χ3n) is 13.5. The summed E-state index contributed by atoms with van der Waals surface area (Å²) in [5, 5.41) is 23.2. The molecule has 3 N–H and O–H groups in total. The van der Waals surface area contributed by atoms with Gasteiger partial charge in [0.2, 0.25) is 5.91 Å². The molecule has 0 saturated heterocycles. The zero-order valence-corrected chi connectivity index (χ0v) is 43.7. The van der Waals surface area contributed by atoms with Crippen LogP contribution < -0.4 is 5.32 Å². The first-order chi connectivity index (χ1) is 32.0. The molecule has 0 aromatic rings. The van der Waals surface area contributed by atoms with Gasteiger partial charge < -0.3 is 20.3 Å². The molecule has 0 radical (unpaired) electrons. The van der Waals surface area contributed by atoms with Crippen molar-refractivity contribution < 1.29 is 24.5 Å². The molecule has 2 unspecified atom stereocenters. The quantitative estimate of drug-likeness (QED) is 0.0321. The maximum atomic E-state index is 12.5. The lowest BCUT2D eigenvalue weighted by Gasteiger charge is -2.20. The van der Waals surface area contributed by atoms with Gasteiger partial charge in [-0.15, -0.1) is 0 Å². The Morgan fingerprint density at radius 2 is 0.723 bits per heavy atom. The maximum absolute atomic E-state index is 12.5. The van der Waals surface area contributed by atoms with Crippen LogP contribution in [0.3, 0.4) is 0 Å². The highest BCUT2D eigenvalue weighted by Gasteiger charge is 2.18. The van der Waals surface area contributed by atoms with E-state index in [2.05, 4.69) is 31.3 Å². The van der Waals surface area contributed by atoms with Gasteiger partial charge in [-0.1, -0.05) is 269 Å². The van der Waals surface area contributed by atoms with Gasteiger partial charge in [0.1, 0.15) is 0 Å². The van der Waals surface area contributed by atoms with Crippen LogP contribution in [0.25, 0.3) is 0 Å². The van der Waals surface area contributed by atoms with Crippen molar-refractivity contribution >= 4 is 11.9 Å². The summed E-state index contributed by atoms with van der Waals surface area (Å²) < 4.78 is 5.47. The van der Waals surface area contributed by atoms with E-state index >= 15 is 0 Å². The second-order valence-electron chi connectivity index (χ2n) is 20.0. The second kappa shape index (κ2) is 54.9. The van der Waals surface area contributed by atoms with Crippen LogP contribution in [-0.4, -0.2) is 47.4 Å². The number of hydrogen-bond donors (Lipinski definition) is 3. The van der Waals surface area contributed by atoms with Crippen molar-refractivity contribution in [3.63, 3.8) is 0 Å². The molecule has 65 heavy (non-hydrogen) atoms. The number of aliphatic hydroxyl groups is 2. The van der Waals surface area contributed by atoms with Crippen molar-refractivity contribution in [3.8, 4) is 0 Å². The molecule has 0 aliphatic heterocycles. The fourth-order valence-electron chi connectivity index (χ4n) is 8.98. The van der Waals surface area contributed by atoms with Crippen molar-refractivity contribution in [1.29, 1.82) is 0 Å². The van der Waals surface area contributed by atoms with Gasteiger partial charge in [0.25, 0.3) is 0 Å². The number of rotatable bonds is 54. The Labute approximate surface area is 405 Å². The highest BCUT2D eigenvalue weighted by atomic mass is 16.5. The summed E-state index contributed by atoms with van der Waals surface area (Å²) >= 11 is 0. The summed E-state index contributed by atoms with van der Waals surface area (Å²) in [5.41, 5.74) is 0. The van der Waals surface area contributed by atoms with Crippen LogP contribution in [0.1, 0.15) is 316 Å². The summed E-state index contributed by atoms with van der Waals surface area (Å²) in [4.78, 5) is 24.5. The standard InChI is InChI=1S/C59H113NO5/c1-3-5-7-9-11-13-15-17-19-21-22-23-24-25-27-31-35-39-43-47-51-57(62)56(55-61)60-58(63)52-48-44-40-36-32-29-30-34-38-42-46-50-54-65-59(64)53-49-45-41-37-33-28-26-20-18-16-14-12-10-8-6-4-2/h20,26,47,51,56-57,61-62H,3-19,21-25,27-46,48-50,52-55H2,1-2H3,(H,60,63)/b26-20-,51-47+. The van der Waals surface area contributed by atoms with Crippen LogP contribution in [-0.2, 0) is 14.3 Å². The van der Waals surface area contributed by atoms with Crippen LogP contribution in [0.2, 0.25) is 0 Å². The Bertz CT molecular complexity index is 1010. The van der Waals surface area contributed by atoms with Gasteiger partial charge in [-0.25, -0.2) is 0 Å². The molecule has 384 valence electrons. The van der Waals surface area contributed by atoms with Crippen LogP contribution >= 0.6 is 0 Å². The van der Waals surface area contributed by atoms with E-state index < -0.39 is 12.1 Å². The van der Waals surface area contributed by atoms with E-state index in [0.29, 0.717) is 19.4 Å². The third-order valence-corrected chi connectivity index (χ3v) is 13.5. The number of allylic oxidation sites excluding steroid dienone is 3. The minimum atomic E-state index is -0.855. The third kappa shape index (κ3) is 51.6. The van der Waals surface area contributed by atoms with Crippen molar-refractivity contribution in [2.75, 3.05) is 13.2 Å². The molecule has 0 aliphatic carbocycles. The average molecular weight is 917 g/mol. The number of amides is 1. The molecule has 1 amide bonds. The van der Waals surface area contributed by atoms with E-state index in [1.807, 2.05) is 6.08 Å². The Kier molecular flexibility index (Phi) is 53.5. The van der Waals surface area contributed by atoms with Crippen LogP contribution in [0.5, 0.6) is 0 Å². The molecule has 0 rings (SSSR count). The van der Waals surface area contributed by atoms with Gasteiger partial charge >= 0.3 is 5.97 Å². The smallest absolute Gasteiger partial charge is 0.305 e. The van der Waals surface area contributed by atoms with Gasteiger partial charge in [-0.2, -0.15) is 0 Å². The fraction of sp³-hybridized carbons (Fsp3) is 0.898. The SMILES string of the molecule is CCCCCCCCC/C=C\CCCCCCCC(=O)OCCCCCCCCCCCCCCC(=O)NC(CO)C(O)/C=C/CCCCCCCCCCCCCCCCCCCC. The van der Waals surface area contributed by atoms with Gasteiger partial charge in [-0.3, -0.25) is 9.59 Å². The van der Waals surface area contributed by atoms with Gasteiger partial charge in [0.05, 0.1) is 25.4 Å². The predicted octanol–water partition coefficient (Wildman–Crippen LogP) is 17.9. The van der Waals surface area contributed by atoms with Gasteiger partial charge in [0, 0.05) is 12.8 Å². The molecule has 0 aromatic heterocycles. The van der Waals surface area contributed by atoms with E-state index in [-0.39, 0.29) is 18.5 Å². The number of aliphatic hydroxyl groups excluding tert-OH is 2. The Morgan fingerprint density at radius 1 is 0.415 bits per heavy atom. The van der Waals surface area contributed by atoms with E-state index in [1.165, 1.54) is 231 Å². The Morgan fingerprint density at radius 3 is 1.09 bits per heavy atom. The molecular weight excluding hydrogens is 803 g/mol. The summed E-state index contributed by atoms with van der Waals surface area (Å²) in [7, 11) is 0. The molecule has 0 spiro atoms. The second-order valence-corrected chi connectivity index (χ2v) is 20.0. The number of unbranched alkanes of at least 4 members (excludes halogenated alkanes) is 41. The van der Waals surface area contributed by atoms with Crippen molar-refractivity contribution in [2.45, 2.75) is 328 Å². The number of ether oxygens (including phenoxy) is 1. The van der Waals surface area contributed by atoms with Gasteiger partial charge in [0.15, 0.2) is 0 Å². The summed E-state index contributed by atoms with van der Waals surface area (Å²) in [6, 6.07) is -0.640. The first-order valence-electron chi connectivity index (χ1n) is 29.1. The van der Waals surface area contributed by atoms with Crippen LogP contribution in [0.15, 0.2) is 24.3 Å². The minimum absolute atomic E-state index is 0.0176. The van der Waals surface area contributed by atoms with E-state index in [1.54, 1.807) is 6.08 Å². The fourth-order valence-corrected chi connectivity index (χ4v) is 8.98. The molecule has 6 nitrogen and oxygen atoms in total. The lowest BCUT2D eigenvalue weighted by Crippen LogP contribution is -2.45.